The average Bonchev–Trinajstić information content (AvgIpc) is 3.46. The van der Waals surface area contributed by atoms with Crippen LogP contribution in [0.4, 0.5) is 10.5 Å². The molecular weight excluding hydrogens is 318 g/mol. The van der Waals surface area contributed by atoms with Gasteiger partial charge in [-0.25, -0.2) is 4.79 Å². The first-order valence-corrected chi connectivity index (χ1v) is 9.26. The van der Waals surface area contributed by atoms with Crippen LogP contribution in [0.1, 0.15) is 25.7 Å². The predicted octanol–water partition coefficient (Wildman–Crippen LogP) is 2.24. The second-order valence-electron chi connectivity index (χ2n) is 7.40. The Hall–Kier alpha value is -1.95. The van der Waals surface area contributed by atoms with Crippen LogP contribution in [0.15, 0.2) is 24.3 Å². The summed E-state index contributed by atoms with van der Waals surface area (Å²) in [6.45, 7) is 3.83. The van der Waals surface area contributed by atoms with Crippen molar-refractivity contribution in [2.75, 3.05) is 44.8 Å². The molecule has 0 bridgehead atoms. The van der Waals surface area contributed by atoms with Crippen molar-refractivity contribution < 1.29 is 14.3 Å². The number of methoxy groups -OCH3 is 1. The van der Waals surface area contributed by atoms with Crippen LogP contribution in [0.3, 0.4) is 0 Å². The van der Waals surface area contributed by atoms with E-state index >= 15 is 0 Å². The standard InChI is InChI=1S/C19H27N3O3/c1-24-17-7-5-16(6-8-17)21-10-2-9-19(13-21)14-22(11-12-25-19)18(23)20-15-3-4-15/h5-8,15H,2-4,9-14H2,1H3,(H,20,23). The van der Waals surface area contributed by atoms with Crippen molar-refractivity contribution in [3.8, 4) is 5.75 Å². The maximum atomic E-state index is 12.4. The van der Waals surface area contributed by atoms with E-state index < -0.39 is 0 Å². The molecule has 6 heteroatoms. The zero-order valence-electron chi connectivity index (χ0n) is 14.9. The Labute approximate surface area is 149 Å². The van der Waals surface area contributed by atoms with Gasteiger partial charge in [0.05, 0.1) is 20.3 Å². The van der Waals surface area contributed by atoms with Crippen molar-refractivity contribution in [3.63, 3.8) is 0 Å². The average molecular weight is 345 g/mol. The van der Waals surface area contributed by atoms with E-state index in [9.17, 15) is 4.79 Å². The van der Waals surface area contributed by atoms with Crippen LogP contribution in [0.25, 0.3) is 0 Å². The monoisotopic (exact) mass is 345 g/mol. The number of hydrogen-bond acceptors (Lipinski definition) is 4. The van der Waals surface area contributed by atoms with Crippen molar-refractivity contribution in [3.05, 3.63) is 24.3 Å². The molecule has 1 saturated carbocycles. The van der Waals surface area contributed by atoms with E-state index in [1.165, 1.54) is 5.69 Å². The molecule has 1 aromatic carbocycles. The first-order chi connectivity index (χ1) is 12.2. The van der Waals surface area contributed by atoms with E-state index in [1.807, 2.05) is 17.0 Å². The molecule has 136 valence electrons. The highest BCUT2D eigenvalue weighted by Crippen LogP contribution is 2.32. The number of anilines is 1. The molecule has 1 aromatic rings. The molecule has 2 saturated heterocycles. The summed E-state index contributed by atoms with van der Waals surface area (Å²) in [4.78, 5) is 16.7. The van der Waals surface area contributed by atoms with E-state index in [0.717, 1.165) is 44.5 Å². The summed E-state index contributed by atoms with van der Waals surface area (Å²) in [5.41, 5.74) is 0.931. The summed E-state index contributed by atoms with van der Waals surface area (Å²) in [6, 6.07) is 8.65. The van der Waals surface area contributed by atoms with E-state index in [0.29, 0.717) is 25.7 Å². The molecule has 1 N–H and O–H groups in total. The fourth-order valence-corrected chi connectivity index (χ4v) is 3.87. The molecule has 25 heavy (non-hydrogen) atoms. The first kappa shape index (κ1) is 16.5. The topological polar surface area (TPSA) is 54.0 Å². The number of piperidine rings is 1. The van der Waals surface area contributed by atoms with Crippen LogP contribution < -0.4 is 15.0 Å². The lowest BCUT2D eigenvalue weighted by molar-refractivity contribution is -0.103. The zero-order chi connectivity index (χ0) is 17.3. The smallest absolute Gasteiger partial charge is 0.317 e. The highest BCUT2D eigenvalue weighted by atomic mass is 16.5. The van der Waals surface area contributed by atoms with Gasteiger partial charge in [-0.05, 0) is 49.9 Å². The molecule has 4 rings (SSSR count). The van der Waals surface area contributed by atoms with Gasteiger partial charge in [-0.2, -0.15) is 0 Å². The van der Waals surface area contributed by atoms with Gasteiger partial charge in [0.1, 0.15) is 11.4 Å². The van der Waals surface area contributed by atoms with Crippen molar-refractivity contribution in [1.29, 1.82) is 0 Å². The number of amides is 2. The molecule has 3 aliphatic rings. The molecule has 0 radical (unpaired) electrons. The lowest BCUT2D eigenvalue weighted by Gasteiger charge is -2.48. The highest BCUT2D eigenvalue weighted by Gasteiger charge is 2.42. The summed E-state index contributed by atoms with van der Waals surface area (Å²) in [5, 5.41) is 3.11. The fraction of sp³-hybridized carbons (Fsp3) is 0.632. The number of rotatable bonds is 3. The van der Waals surface area contributed by atoms with Crippen LogP contribution in [0.5, 0.6) is 5.75 Å². The highest BCUT2D eigenvalue weighted by molar-refractivity contribution is 5.75. The van der Waals surface area contributed by atoms with Crippen LogP contribution >= 0.6 is 0 Å². The minimum Gasteiger partial charge on any atom is -0.497 e. The molecule has 2 amide bonds. The Kier molecular flexibility index (Phi) is 4.46. The maximum Gasteiger partial charge on any atom is 0.317 e. The minimum atomic E-state index is -0.253. The number of morpholine rings is 1. The number of nitrogens with zero attached hydrogens (tertiary/aromatic N) is 2. The van der Waals surface area contributed by atoms with Gasteiger partial charge in [-0.3, -0.25) is 0 Å². The summed E-state index contributed by atoms with van der Waals surface area (Å²) in [7, 11) is 1.68. The van der Waals surface area contributed by atoms with E-state index in [2.05, 4.69) is 22.3 Å². The zero-order valence-corrected chi connectivity index (χ0v) is 14.9. The van der Waals surface area contributed by atoms with Crippen molar-refractivity contribution in [2.45, 2.75) is 37.3 Å². The summed E-state index contributed by atoms with van der Waals surface area (Å²) < 4.78 is 11.5. The van der Waals surface area contributed by atoms with Gasteiger partial charge in [0.2, 0.25) is 0 Å². The van der Waals surface area contributed by atoms with Gasteiger partial charge < -0.3 is 24.6 Å². The lowest BCUT2D eigenvalue weighted by atomic mass is 9.90. The largest absolute Gasteiger partial charge is 0.497 e. The summed E-state index contributed by atoms with van der Waals surface area (Å²) in [5.74, 6) is 0.868. The number of nitrogens with one attached hydrogen (secondary N) is 1. The maximum absolute atomic E-state index is 12.4. The fourth-order valence-electron chi connectivity index (χ4n) is 3.87. The molecule has 1 aliphatic carbocycles. The second kappa shape index (κ2) is 6.75. The van der Waals surface area contributed by atoms with Crippen LogP contribution in [-0.4, -0.2) is 62.5 Å². The number of carbonyl (C=O) groups is 1. The molecule has 1 atom stereocenters. The van der Waals surface area contributed by atoms with Crippen molar-refractivity contribution in [1.82, 2.24) is 10.2 Å². The van der Waals surface area contributed by atoms with Gasteiger partial charge in [0, 0.05) is 31.4 Å². The third kappa shape index (κ3) is 3.68. The lowest BCUT2D eigenvalue weighted by Crippen LogP contribution is -2.62. The Morgan fingerprint density at radius 3 is 2.76 bits per heavy atom. The van der Waals surface area contributed by atoms with Crippen molar-refractivity contribution >= 4 is 11.7 Å². The van der Waals surface area contributed by atoms with E-state index in [4.69, 9.17) is 9.47 Å². The Morgan fingerprint density at radius 1 is 1.24 bits per heavy atom. The molecule has 3 fully saturated rings. The third-order valence-corrected chi connectivity index (χ3v) is 5.42. The van der Waals surface area contributed by atoms with Crippen molar-refractivity contribution in [2.24, 2.45) is 0 Å². The second-order valence-corrected chi connectivity index (χ2v) is 7.40. The summed E-state index contributed by atoms with van der Waals surface area (Å²) >= 11 is 0. The van der Waals surface area contributed by atoms with Gasteiger partial charge in [-0.1, -0.05) is 0 Å². The third-order valence-electron chi connectivity index (χ3n) is 5.42. The minimum absolute atomic E-state index is 0.0757. The normalized spacial score (nSPS) is 26.6. The Morgan fingerprint density at radius 2 is 2.04 bits per heavy atom. The molecule has 0 aromatic heterocycles. The van der Waals surface area contributed by atoms with E-state index in [-0.39, 0.29) is 11.6 Å². The Bertz CT molecular complexity index is 613. The Balaban J connectivity index is 1.43. The number of carbonyl (C=O) groups excluding carboxylic acids is 1. The quantitative estimate of drug-likeness (QED) is 0.913. The van der Waals surface area contributed by atoms with Gasteiger partial charge >= 0.3 is 6.03 Å². The number of benzene rings is 1. The molecule has 2 aliphatic heterocycles. The molecular formula is C19H27N3O3. The van der Waals surface area contributed by atoms with Gasteiger partial charge in [-0.15, -0.1) is 0 Å². The summed E-state index contributed by atoms with van der Waals surface area (Å²) in [6.07, 6.45) is 4.32. The molecule has 2 heterocycles. The van der Waals surface area contributed by atoms with E-state index in [1.54, 1.807) is 7.11 Å². The van der Waals surface area contributed by atoms with Crippen LogP contribution in [-0.2, 0) is 4.74 Å². The molecule has 1 spiro atoms. The number of hydrogen-bond donors (Lipinski definition) is 1. The number of urea groups is 1. The molecule has 1 unspecified atom stereocenters. The van der Waals surface area contributed by atoms with Gasteiger partial charge in [0.25, 0.3) is 0 Å². The van der Waals surface area contributed by atoms with Crippen LogP contribution in [0.2, 0.25) is 0 Å². The predicted molar refractivity (Wildman–Crippen MR) is 96.3 cm³/mol. The number of ether oxygens (including phenoxy) is 2. The molecule has 6 nitrogen and oxygen atoms in total. The van der Waals surface area contributed by atoms with Gasteiger partial charge in [0.15, 0.2) is 0 Å². The SMILES string of the molecule is COc1ccc(N2CCCC3(CN(C(=O)NC4CC4)CCO3)C2)cc1. The first-order valence-electron chi connectivity index (χ1n) is 9.26. The van der Waals surface area contributed by atoms with Crippen LogP contribution in [0, 0.1) is 0 Å².